The molecule has 0 aromatic carbocycles. The number of aliphatic hydroxyl groups excluding tert-OH is 1. The molecule has 2 rings (SSSR count). The summed E-state index contributed by atoms with van der Waals surface area (Å²) in [5.41, 5.74) is 2.30. The highest BCUT2D eigenvalue weighted by Crippen LogP contribution is 2.21. The van der Waals surface area contributed by atoms with Crippen LogP contribution in [0.4, 0.5) is 5.69 Å². The van der Waals surface area contributed by atoms with E-state index in [1.807, 2.05) is 17.9 Å². The van der Waals surface area contributed by atoms with Gasteiger partial charge in [0.05, 0.1) is 30.6 Å². The number of rotatable bonds is 5. The zero-order chi connectivity index (χ0) is 15.2. The third-order valence-electron chi connectivity index (χ3n) is 3.71. The molecule has 1 aliphatic heterocycles. The Kier molecular flexibility index (Phi) is 5.52. The van der Waals surface area contributed by atoms with Gasteiger partial charge in [0.15, 0.2) is 0 Å². The summed E-state index contributed by atoms with van der Waals surface area (Å²) in [7, 11) is 1.81. The van der Waals surface area contributed by atoms with E-state index in [4.69, 9.17) is 9.84 Å². The van der Waals surface area contributed by atoms with E-state index in [0.717, 1.165) is 24.2 Å². The first-order valence-electron chi connectivity index (χ1n) is 7.32. The highest BCUT2D eigenvalue weighted by atomic mass is 16.5. The number of hydrogen-bond acceptors (Lipinski definition) is 5. The van der Waals surface area contributed by atoms with Crippen molar-refractivity contribution in [3.63, 3.8) is 0 Å². The molecule has 2 heterocycles. The van der Waals surface area contributed by atoms with Crippen molar-refractivity contribution in [3.05, 3.63) is 23.5 Å². The molecule has 1 aromatic rings. The molecular formula is C15H23N3O3. The Morgan fingerprint density at radius 1 is 1.52 bits per heavy atom. The molecule has 1 fully saturated rings. The number of anilines is 1. The molecular weight excluding hydrogens is 270 g/mol. The fraction of sp³-hybridized carbons (Fsp3) is 0.600. The van der Waals surface area contributed by atoms with Gasteiger partial charge in [0.2, 0.25) is 0 Å². The molecule has 1 amide bonds. The van der Waals surface area contributed by atoms with Crippen molar-refractivity contribution in [2.45, 2.75) is 25.9 Å². The molecule has 0 aliphatic carbocycles. The summed E-state index contributed by atoms with van der Waals surface area (Å²) in [5, 5.41) is 11.8. The summed E-state index contributed by atoms with van der Waals surface area (Å²) in [6, 6.07) is 1.88. The van der Waals surface area contributed by atoms with Gasteiger partial charge in [-0.15, -0.1) is 0 Å². The maximum Gasteiger partial charge on any atom is 0.257 e. The van der Waals surface area contributed by atoms with Gasteiger partial charge >= 0.3 is 0 Å². The van der Waals surface area contributed by atoms with Crippen LogP contribution in [0.15, 0.2) is 12.3 Å². The number of pyridine rings is 1. The molecule has 6 heteroatoms. The zero-order valence-corrected chi connectivity index (χ0v) is 12.6. The smallest absolute Gasteiger partial charge is 0.257 e. The molecule has 0 bridgehead atoms. The van der Waals surface area contributed by atoms with E-state index in [1.165, 1.54) is 0 Å². The molecule has 1 aliphatic rings. The molecule has 0 spiro atoms. The second kappa shape index (κ2) is 7.38. The second-order valence-corrected chi connectivity index (χ2v) is 5.21. The largest absolute Gasteiger partial charge is 0.394 e. The van der Waals surface area contributed by atoms with E-state index in [9.17, 15) is 4.79 Å². The molecule has 1 saturated heterocycles. The van der Waals surface area contributed by atoms with Crippen LogP contribution in [0.1, 0.15) is 28.9 Å². The Morgan fingerprint density at radius 2 is 2.24 bits per heavy atom. The first-order valence-corrected chi connectivity index (χ1v) is 7.32. The molecule has 0 saturated carbocycles. The lowest BCUT2D eigenvalue weighted by Crippen LogP contribution is -2.41. The van der Waals surface area contributed by atoms with E-state index < -0.39 is 0 Å². The van der Waals surface area contributed by atoms with Gasteiger partial charge in [-0.3, -0.25) is 9.78 Å². The number of aryl methyl sites for hydroxylation is 1. The molecule has 116 valence electrons. The summed E-state index contributed by atoms with van der Waals surface area (Å²) in [6.45, 7) is 3.65. The Bertz CT molecular complexity index is 485. The molecule has 6 nitrogen and oxygen atoms in total. The number of aromatic nitrogens is 1. The lowest BCUT2D eigenvalue weighted by Gasteiger charge is -2.32. The van der Waals surface area contributed by atoms with Crippen molar-refractivity contribution in [1.82, 2.24) is 9.88 Å². The molecule has 21 heavy (non-hydrogen) atoms. The maximum atomic E-state index is 12.6. The van der Waals surface area contributed by atoms with Crippen LogP contribution < -0.4 is 5.32 Å². The van der Waals surface area contributed by atoms with Crippen molar-refractivity contribution in [2.75, 3.05) is 38.7 Å². The number of hydrogen-bond donors (Lipinski definition) is 2. The van der Waals surface area contributed by atoms with Crippen LogP contribution in [-0.2, 0) is 4.74 Å². The Hall–Kier alpha value is -1.66. The normalized spacial score (nSPS) is 16.0. The molecule has 2 N–H and O–H groups in total. The van der Waals surface area contributed by atoms with Crippen LogP contribution in [-0.4, -0.2) is 60.4 Å². The predicted molar refractivity (Wildman–Crippen MR) is 80.5 cm³/mol. The minimum absolute atomic E-state index is 0.00691. The van der Waals surface area contributed by atoms with E-state index in [0.29, 0.717) is 25.3 Å². The first kappa shape index (κ1) is 15.7. The fourth-order valence-electron chi connectivity index (χ4n) is 2.55. The number of carbonyl (C=O) groups excluding carboxylic acids is 1. The van der Waals surface area contributed by atoms with Gasteiger partial charge in [-0.2, -0.15) is 0 Å². The first-order chi connectivity index (χ1) is 10.2. The van der Waals surface area contributed by atoms with Crippen molar-refractivity contribution < 1.29 is 14.6 Å². The van der Waals surface area contributed by atoms with Crippen LogP contribution in [0.2, 0.25) is 0 Å². The number of carbonyl (C=O) groups is 1. The van der Waals surface area contributed by atoms with Crippen LogP contribution in [0.25, 0.3) is 0 Å². The van der Waals surface area contributed by atoms with Crippen molar-refractivity contribution in [2.24, 2.45) is 0 Å². The quantitative estimate of drug-likeness (QED) is 0.848. The standard InChI is InChI=1S/C15H23N3O3/c1-11-9-14(16-2)13(10-17-11)15(20)18-5-3-12(4-6-18)21-8-7-19/h9-10,12,19H,3-8H2,1-2H3,(H,16,17). The number of nitrogens with zero attached hydrogens (tertiary/aromatic N) is 2. The zero-order valence-electron chi connectivity index (χ0n) is 12.6. The number of nitrogens with one attached hydrogen (secondary N) is 1. The Balaban J connectivity index is 1.99. The minimum Gasteiger partial charge on any atom is -0.394 e. The van der Waals surface area contributed by atoms with E-state index in [1.54, 1.807) is 13.2 Å². The van der Waals surface area contributed by atoms with E-state index in [-0.39, 0.29) is 18.6 Å². The lowest BCUT2D eigenvalue weighted by atomic mass is 10.1. The average molecular weight is 293 g/mol. The minimum atomic E-state index is 0.00691. The van der Waals surface area contributed by atoms with Gasteiger partial charge in [0, 0.05) is 32.0 Å². The van der Waals surface area contributed by atoms with Gasteiger partial charge in [-0.1, -0.05) is 0 Å². The predicted octanol–water partition coefficient (Wildman–Crippen LogP) is 1.05. The van der Waals surface area contributed by atoms with Crippen LogP contribution in [0, 0.1) is 6.92 Å². The maximum absolute atomic E-state index is 12.6. The van der Waals surface area contributed by atoms with Crippen LogP contribution >= 0.6 is 0 Å². The summed E-state index contributed by atoms with van der Waals surface area (Å²) < 4.78 is 5.51. The number of ether oxygens (including phenoxy) is 1. The third kappa shape index (κ3) is 3.92. The molecule has 0 radical (unpaired) electrons. The van der Waals surface area contributed by atoms with Gasteiger partial charge in [-0.25, -0.2) is 0 Å². The highest BCUT2D eigenvalue weighted by Gasteiger charge is 2.25. The monoisotopic (exact) mass is 293 g/mol. The van der Waals surface area contributed by atoms with Crippen molar-refractivity contribution >= 4 is 11.6 Å². The summed E-state index contributed by atoms with van der Waals surface area (Å²) in [4.78, 5) is 18.6. The highest BCUT2D eigenvalue weighted by molar-refractivity contribution is 5.99. The van der Waals surface area contributed by atoms with E-state index >= 15 is 0 Å². The number of likely N-dealkylation sites (tertiary alicyclic amines) is 1. The average Bonchev–Trinajstić information content (AvgIpc) is 2.52. The van der Waals surface area contributed by atoms with Gasteiger partial charge in [-0.05, 0) is 25.8 Å². The second-order valence-electron chi connectivity index (χ2n) is 5.21. The third-order valence-corrected chi connectivity index (χ3v) is 3.71. The summed E-state index contributed by atoms with van der Waals surface area (Å²) in [5.74, 6) is 0.00691. The SMILES string of the molecule is CNc1cc(C)ncc1C(=O)N1CCC(OCCO)CC1. The number of aliphatic hydroxyl groups is 1. The van der Waals surface area contributed by atoms with Gasteiger partial charge in [0.1, 0.15) is 0 Å². The summed E-state index contributed by atoms with van der Waals surface area (Å²) in [6.07, 6.45) is 3.39. The molecule has 1 aromatic heterocycles. The van der Waals surface area contributed by atoms with Crippen molar-refractivity contribution in [3.8, 4) is 0 Å². The van der Waals surface area contributed by atoms with E-state index in [2.05, 4.69) is 10.3 Å². The van der Waals surface area contributed by atoms with Gasteiger partial charge in [0.25, 0.3) is 5.91 Å². The fourth-order valence-corrected chi connectivity index (χ4v) is 2.55. The van der Waals surface area contributed by atoms with Crippen molar-refractivity contribution in [1.29, 1.82) is 0 Å². The Morgan fingerprint density at radius 3 is 2.86 bits per heavy atom. The molecule has 0 unspecified atom stereocenters. The molecule has 0 atom stereocenters. The van der Waals surface area contributed by atoms with Crippen LogP contribution in [0.3, 0.4) is 0 Å². The topological polar surface area (TPSA) is 74.7 Å². The Labute approximate surface area is 125 Å². The lowest BCUT2D eigenvalue weighted by molar-refractivity contribution is -0.00553. The number of amides is 1. The van der Waals surface area contributed by atoms with Crippen LogP contribution in [0.5, 0.6) is 0 Å². The number of piperidine rings is 1. The summed E-state index contributed by atoms with van der Waals surface area (Å²) >= 11 is 0. The van der Waals surface area contributed by atoms with Gasteiger partial charge < -0.3 is 20.1 Å².